The third-order valence-corrected chi connectivity index (χ3v) is 6.10. The van der Waals surface area contributed by atoms with Gasteiger partial charge in [0, 0.05) is 51.1 Å². The van der Waals surface area contributed by atoms with Gasteiger partial charge in [0.25, 0.3) is 0 Å². The first-order valence-corrected chi connectivity index (χ1v) is 11.0. The Morgan fingerprint density at radius 1 is 1.10 bits per heavy atom. The van der Waals surface area contributed by atoms with Crippen LogP contribution < -0.4 is 0 Å². The summed E-state index contributed by atoms with van der Waals surface area (Å²) in [4.78, 5) is 16.6. The van der Waals surface area contributed by atoms with Gasteiger partial charge in [-0.3, -0.25) is 9.69 Å². The molecule has 0 spiro atoms. The number of hydrogen-bond acceptors (Lipinski definition) is 2. The Bertz CT molecular complexity index is 862. The van der Waals surface area contributed by atoms with Crippen LogP contribution in [0.1, 0.15) is 48.9 Å². The van der Waals surface area contributed by atoms with E-state index in [0.29, 0.717) is 24.3 Å². The van der Waals surface area contributed by atoms with E-state index in [9.17, 15) is 9.18 Å². The molecule has 30 heavy (non-hydrogen) atoms. The summed E-state index contributed by atoms with van der Waals surface area (Å²) >= 11 is 0. The van der Waals surface area contributed by atoms with Crippen molar-refractivity contribution >= 4 is 5.91 Å². The highest BCUT2D eigenvalue weighted by molar-refractivity contribution is 5.73. The van der Waals surface area contributed by atoms with Crippen molar-refractivity contribution in [1.82, 2.24) is 9.80 Å². The standard InChI is InChI=1S/C26H35FN2O/c1-18(2)13-29(21(5)30)16-24-15-28(14-23-12-20(4)8-11-26(23)27)17-25(24)22-9-6-19(3)7-10-22/h6-12,18,24-25H,13-17H2,1-5H3. The Labute approximate surface area is 180 Å². The molecule has 3 rings (SSSR count). The molecule has 3 nitrogen and oxygen atoms in total. The van der Waals surface area contributed by atoms with Gasteiger partial charge in [-0.1, -0.05) is 61.4 Å². The SMILES string of the molecule is CC(=O)N(CC(C)C)CC1CN(Cc2cc(C)ccc2F)CC1c1ccc(C)cc1. The zero-order valence-electron chi connectivity index (χ0n) is 19.0. The fourth-order valence-electron chi connectivity index (χ4n) is 4.59. The van der Waals surface area contributed by atoms with E-state index in [1.54, 1.807) is 13.0 Å². The van der Waals surface area contributed by atoms with Crippen molar-refractivity contribution in [3.8, 4) is 0 Å². The summed E-state index contributed by atoms with van der Waals surface area (Å²) in [5, 5.41) is 0. The summed E-state index contributed by atoms with van der Waals surface area (Å²) < 4.78 is 14.4. The van der Waals surface area contributed by atoms with E-state index in [0.717, 1.165) is 37.3 Å². The van der Waals surface area contributed by atoms with Crippen LogP contribution >= 0.6 is 0 Å². The number of carbonyl (C=O) groups is 1. The number of carbonyl (C=O) groups excluding carboxylic acids is 1. The third-order valence-electron chi connectivity index (χ3n) is 6.10. The van der Waals surface area contributed by atoms with Crippen LogP contribution in [0, 0.1) is 31.5 Å². The Kier molecular flexibility index (Phi) is 7.30. The van der Waals surface area contributed by atoms with Crippen molar-refractivity contribution in [2.45, 2.75) is 47.1 Å². The van der Waals surface area contributed by atoms with Crippen LogP contribution in [0.3, 0.4) is 0 Å². The lowest BCUT2D eigenvalue weighted by Gasteiger charge is -2.29. The molecule has 2 atom stereocenters. The quantitative estimate of drug-likeness (QED) is 0.629. The van der Waals surface area contributed by atoms with Crippen molar-refractivity contribution in [3.05, 3.63) is 70.5 Å². The van der Waals surface area contributed by atoms with Gasteiger partial charge in [-0.05, 0) is 37.3 Å². The van der Waals surface area contributed by atoms with E-state index in [-0.39, 0.29) is 11.7 Å². The summed E-state index contributed by atoms with van der Waals surface area (Å²) in [7, 11) is 0. The minimum Gasteiger partial charge on any atom is -0.342 e. The molecule has 0 radical (unpaired) electrons. The average Bonchev–Trinajstić information content (AvgIpc) is 3.06. The smallest absolute Gasteiger partial charge is 0.219 e. The third kappa shape index (κ3) is 5.69. The molecule has 1 heterocycles. The second kappa shape index (κ2) is 9.74. The minimum absolute atomic E-state index is 0.134. The summed E-state index contributed by atoms with van der Waals surface area (Å²) in [5.74, 6) is 1.11. The van der Waals surface area contributed by atoms with Gasteiger partial charge in [0.1, 0.15) is 5.82 Å². The van der Waals surface area contributed by atoms with Gasteiger partial charge in [0.2, 0.25) is 5.91 Å². The highest BCUT2D eigenvalue weighted by Crippen LogP contribution is 2.35. The van der Waals surface area contributed by atoms with Gasteiger partial charge < -0.3 is 4.90 Å². The average molecular weight is 411 g/mol. The lowest BCUT2D eigenvalue weighted by atomic mass is 9.88. The van der Waals surface area contributed by atoms with E-state index < -0.39 is 0 Å². The van der Waals surface area contributed by atoms with Crippen molar-refractivity contribution in [2.75, 3.05) is 26.2 Å². The number of amides is 1. The molecule has 0 aliphatic carbocycles. The van der Waals surface area contributed by atoms with Crippen LogP contribution in [0.4, 0.5) is 4.39 Å². The number of halogens is 1. The van der Waals surface area contributed by atoms with E-state index in [4.69, 9.17) is 0 Å². The largest absolute Gasteiger partial charge is 0.342 e. The molecule has 0 N–H and O–H groups in total. The predicted molar refractivity (Wildman–Crippen MR) is 121 cm³/mol. The zero-order valence-corrected chi connectivity index (χ0v) is 19.0. The molecule has 1 amide bonds. The maximum Gasteiger partial charge on any atom is 0.219 e. The van der Waals surface area contributed by atoms with Crippen LogP contribution in [-0.4, -0.2) is 41.9 Å². The molecule has 0 aromatic heterocycles. The van der Waals surface area contributed by atoms with Crippen LogP contribution in [0.25, 0.3) is 0 Å². The molecule has 0 saturated carbocycles. The normalized spacial score (nSPS) is 19.4. The van der Waals surface area contributed by atoms with E-state index >= 15 is 0 Å². The lowest BCUT2D eigenvalue weighted by Crippen LogP contribution is -2.38. The minimum atomic E-state index is -0.138. The first-order chi connectivity index (χ1) is 14.2. The van der Waals surface area contributed by atoms with Gasteiger partial charge in [-0.15, -0.1) is 0 Å². The molecular formula is C26H35FN2O. The van der Waals surface area contributed by atoms with Gasteiger partial charge in [-0.2, -0.15) is 0 Å². The Morgan fingerprint density at radius 3 is 2.40 bits per heavy atom. The summed E-state index contributed by atoms with van der Waals surface area (Å²) in [5.41, 5.74) is 4.39. The number of aryl methyl sites for hydroxylation is 2. The number of nitrogens with zero attached hydrogens (tertiary/aromatic N) is 2. The monoisotopic (exact) mass is 410 g/mol. The molecule has 4 heteroatoms. The number of benzene rings is 2. The first kappa shape index (κ1) is 22.5. The number of rotatable bonds is 7. The zero-order chi connectivity index (χ0) is 21.8. The number of hydrogen-bond donors (Lipinski definition) is 0. The fourth-order valence-corrected chi connectivity index (χ4v) is 4.59. The summed E-state index contributed by atoms with van der Waals surface area (Å²) in [6, 6.07) is 14.1. The lowest BCUT2D eigenvalue weighted by molar-refractivity contribution is -0.130. The first-order valence-electron chi connectivity index (χ1n) is 11.0. The summed E-state index contributed by atoms with van der Waals surface area (Å²) in [6.45, 7) is 13.9. The topological polar surface area (TPSA) is 23.6 Å². The van der Waals surface area contributed by atoms with Crippen molar-refractivity contribution < 1.29 is 9.18 Å². The summed E-state index contributed by atoms with van der Waals surface area (Å²) in [6.07, 6.45) is 0. The van der Waals surface area contributed by atoms with Crippen LogP contribution in [0.5, 0.6) is 0 Å². The van der Waals surface area contributed by atoms with E-state index in [1.807, 2.05) is 24.0 Å². The van der Waals surface area contributed by atoms with Crippen LogP contribution in [0.2, 0.25) is 0 Å². The Hall–Kier alpha value is -2.20. The predicted octanol–water partition coefficient (Wildman–Crippen LogP) is 5.16. The van der Waals surface area contributed by atoms with Gasteiger partial charge in [0.05, 0.1) is 0 Å². The molecule has 2 aromatic carbocycles. The Balaban J connectivity index is 1.82. The van der Waals surface area contributed by atoms with Crippen molar-refractivity contribution in [2.24, 2.45) is 11.8 Å². The molecule has 1 aliphatic heterocycles. The second-order valence-electron chi connectivity index (χ2n) is 9.38. The molecule has 1 aliphatic rings. The molecule has 1 saturated heterocycles. The molecule has 2 unspecified atom stereocenters. The van der Waals surface area contributed by atoms with E-state index in [2.05, 4.69) is 49.9 Å². The maximum atomic E-state index is 14.4. The van der Waals surface area contributed by atoms with Crippen LogP contribution in [0.15, 0.2) is 42.5 Å². The van der Waals surface area contributed by atoms with Crippen LogP contribution in [-0.2, 0) is 11.3 Å². The molecule has 162 valence electrons. The van der Waals surface area contributed by atoms with Gasteiger partial charge >= 0.3 is 0 Å². The molecule has 0 bridgehead atoms. The van der Waals surface area contributed by atoms with Crippen molar-refractivity contribution in [3.63, 3.8) is 0 Å². The van der Waals surface area contributed by atoms with E-state index in [1.165, 1.54) is 11.1 Å². The highest BCUT2D eigenvalue weighted by atomic mass is 19.1. The number of likely N-dealkylation sites (tertiary alicyclic amines) is 1. The van der Waals surface area contributed by atoms with Crippen molar-refractivity contribution in [1.29, 1.82) is 0 Å². The Morgan fingerprint density at radius 2 is 1.77 bits per heavy atom. The molecule has 2 aromatic rings. The fraction of sp³-hybridized carbons (Fsp3) is 0.500. The van der Waals surface area contributed by atoms with Gasteiger partial charge in [0.15, 0.2) is 0 Å². The highest BCUT2D eigenvalue weighted by Gasteiger charge is 2.35. The van der Waals surface area contributed by atoms with Gasteiger partial charge in [-0.25, -0.2) is 4.39 Å². The second-order valence-corrected chi connectivity index (χ2v) is 9.38. The maximum absolute atomic E-state index is 14.4. The molecule has 1 fully saturated rings. The molecular weight excluding hydrogens is 375 g/mol.